The molecule has 0 aromatic rings. The van der Waals surface area contributed by atoms with Crippen molar-refractivity contribution in [1.82, 2.24) is 4.90 Å². The van der Waals surface area contributed by atoms with Crippen molar-refractivity contribution in [2.24, 2.45) is 5.41 Å². The molecule has 1 N–H and O–H groups in total. The Morgan fingerprint density at radius 2 is 2.11 bits per heavy atom. The van der Waals surface area contributed by atoms with Crippen molar-refractivity contribution in [3.05, 3.63) is 0 Å². The summed E-state index contributed by atoms with van der Waals surface area (Å²) in [5, 5.41) is 9.29. The van der Waals surface area contributed by atoms with Crippen molar-refractivity contribution in [2.45, 2.75) is 45.6 Å². The third-order valence-electron chi connectivity index (χ3n) is 3.01. The van der Waals surface area contributed by atoms with E-state index in [9.17, 15) is 18.7 Å². The van der Waals surface area contributed by atoms with E-state index in [1.54, 1.807) is 20.8 Å². The summed E-state index contributed by atoms with van der Waals surface area (Å²) in [5.41, 5.74) is -1.49. The van der Waals surface area contributed by atoms with Crippen LogP contribution in [0.25, 0.3) is 0 Å². The Balaban J connectivity index is 2.61. The standard InChI is InChI=1S/C12H21F2NO3/c1-11(2,3)18-10(17)15-5-4-12(7-15,8-16)6-9(13)14/h9,16H,4-8H2,1-3H3. The Morgan fingerprint density at radius 1 is 1.50 bits per heavy atom. The van der Waals surface area contributed by atoms with Crippen LogP contribution in [-0.4, -0.2) is 47.8 Å². The van der Waals surface area contributed by atoms with Gasteiger partial charge in [0.05, 0.1) is 6.61 Å². The summed E-state index contributed by atoms with van der Waals surface area (Å²) < 4.78 is 30.1. The highest BCUT2D eigenvalue weighted by atomic mass is 19.3. The maximum atomic E-state index is 12.5. The van der Waals surface area contributed by atoms with Gasteiger partial charge in [0, 0.05) is 24.9 Å². The Kier molecular flexibility index (Phi) is 4.53. The number of hydrogen-bond acceptors (Lipinski definition) is 3. The molecule has 0 saturated carbocycles. The van der Waals surface area contributed by atoms with E-state index < -0.39 is 23.5 Å². The molecule has 1 heterocycles. The fourth-order valence-electron chi connectivity index (χ4n) is 2.10. The van der Waals surface area contributed by atoms with E-state index in [1.165, 1.54) is 4.90 Å². The first-order chi connectivity index (χ1) is 8.17. The van der Waals surface area contributed by atoms with Gasteiger partial charge in [-0.1, -0.05) is 0 Å². The summed E-state index contributed by atoms with van der Waals surface area (Å²) in [6.45, 7) is 5.39. The monoisotopic (exact) mass is 265 g/mol. The zero-order valence-corrected chi connectivity index (χ0v) is 11.1. The van der Waals surface area contributed by atoms with Crippen LogP contribution in [0.4, 0.5) is 13.6 Å². The molecule has 0 aliphatic carbocycles. The molecule has 1 unspecified atom stereocenters. The molecule has 0 aromatic heterocycles. The third kappa shape index (κ3) is 4.08. The lowest BCUT2D eigenvalue weighted by Gasteiger charge is -2.28. The molecular weight excluding hydrogens is 244 g/mol. The highest BCUT2D eigenvalue weighted by Crippen LogP contribution is 2.36. The smallest absolute Gasteiger partial charge is 0.410 e. The van der Waals surface area contributed by atoms with Crippen molar-refractivity contribution >= 4 is 6.09 Å². The minimum Gasteiger partial charge on any atom is -0.444 e. The predicted molar refractivity (Wildman–Crippen MR) is 62.6 cm³/mol. The normalized spacial score (nSPS) is 24.7. The summed E-state index contributed by atoms with van der Waals surface area (Å²) in [4.78, 5) is 13.2. The molecule has 1 aliphatic rings. The van der Waals surface area contributed by atoms with Gasteiger partial charge in [0.15, 0.2) is 0 Å². The van der Waals surface area contributed by atoms with Crippen LogP contribution >= 0.6 is 0 Å². The minimum absolute atomic E-state index is 0.128. The van der Waals surface area contributed by atoms with Gasteiger partial charge in [-0.05, 0) is 27.2 Å². The molecule has 1 saturated heterocycles. The quantitative estimate of drug-likeness (QED) is 0.851. The largest absolute Gasteiger partial charge is 0.444 e. The number of carbonyl (C=O) groups is 1. The molecule has 1 amide bonds. The minimum atomic E-state index is -2.48. The van der Waals surface area contributed by atoms with Crippen LogP contribution in [0.3, 0.4) is 0 Å². The fraction of sp³-hybridized carbons (Fsp3) is 0.917. The van der Waals surface area contributed by atoms with Gasteiger partial charge in [-0.15, -0.1) is 0 Å². The van der Waals surface area contributed by atoms with E-state index in [4.69, 9.17) is 4.74 Å². The number of ether oxygens (including phenoxy) is 1. The van der Waals surface area contributed by atoms with E-state index in [1.807, 2.05) is 0 Å². The van der Waals surface area contributed by atoms with Crippen LogP contribution < -0.4 is 0 Å². The molecule has 0 bridgehead atoms. The maximum absolute atomic E-state index is 12.5. The average Bonchev–Trinajstić information content (AvgIpc) is 2.59. The van der Waals surface area contributed by atoms with Crippen molar-refractivity contribution in [3.8, 4) is 0 Å². The van der Waals surface area contributed by atoms with Gasteiger partial charge >= 0.3 is 6.09 Å². The van der Waals surface area contributed by atoms with E-state index in [2.05, 4.69) is 0 Å². The van der Waals surface area contributed by atoms with Crippen LogP contribution in [0, 0.1) is 5.41 Å². The zero-order chi connectivity index (χ0) is 14.0. The summed E-state index contributed by atoms with van der Waals surface area (Å²) >= 11 is 0. The Labute approximate surface area is 106 Å². The number of carbonyl (C=O) groups excluding carboxylic acids is 1. The van der Waals surface area contributed by atoms with Crippen LogP contribution in [-0.2, 0) is 4.74 Å². The highest BCUT2D eigenvalue weighted by Gasteiger charge is 2.42. The van der Waals surface area contributed by atoms with Crippen molar-refractivity contribution in [1.29, 1.82) is 0 Å². The molecule has 4 nitrogen and oxygen atoms in total. The zero-order valence-electron chi connectivity index (χ0n) is 11.1. The molecule has 18 heavy (non-hydrogen) atoms. The van der Waals surface area contributed by atoms with Crippen molar-refractivity contribution in [2.75, 3.05) is 19.7 Å². The highest BCUT2D eigenvalue weighted by molar-refractivity contribution is 5.68. The van der Waals surface area contributed by atoms with Gasteiger partial charge < -0.3 is 14.7 Å². The third-order valence-corrected chi connectivity index (χ3v) is 3.01. The molecule has 1 rings (SSSR count). The van der Waals surface area contributed by atoms with Gasteiger partial charge in [-0.25, -0.2) is 13.6 Å². The molecule has 6 heteroatoms. The summed E-state index contributed by atoms with van der Waals surface area (Å²) in [6.07, 6.45) is -2.99. The Morgan fingerprint density at radius 3 is 2.56 bits per heavy atom. The second-order valence-electron chi connectivity index (χ2n) is 5.91. The molecular formula is C12H21F2NO3. The van der Waals surface area contributed by atoms with Crippen LogP contribution in [0.2, 0.25) is 0 Å². The van der Waals surface area contributed by atoms with Crippen molar-refractivity contribution < 1.29 is 23.4 Å². The van der Waals surface area contributed by atoms with E-state index >= 15 is 0 Å². The summed E-state index contributed by atoms with van der Waals surface area (Å²) in [5.74, 6) is 0. The molecule has 0 spiro atoms. The van der Waals surface area contributed by atoms with E-state index in [0.29, 0.717) is 13.0 Å². The molecule has 0 radical (unpaired) electrons. The average molecular weight is 265 g/mol. The fourth-order valence-corrected chi connectivity index (χ4v) is 2.10. The van der Waals surface area contributed by atoms with Crippen LogP contribution in [0.5, 0.6) is 0 Å². The number of hydrogen-bond donors (Lipinski definition) is 1. The number of halogens is 2. The number of alkyl halides is 2. The lowest BCUT2D eigenvalue weighted by atomic mass is 9.85. The maximum Gasteiger partial charge on any atom is 0.410 e. The topological polar surface area (TPSA) is 49.8 Å². The van der Waals surface area contributed by atoms with Gasteiger partial charge in [-0.2, -0.15) is 0 Å². The second kappa shape index (κ2) is 5.38. The number of rotatable bonds is 3. The predicted octanol–water partition coefficient (Wildman–Crippen LogP) is 2.26. The molecule has 0 aromatic carbocycles. The Bertz CT molecular complexity index is 304. The van der Waals surface area contributed by atoms with Crippen molar-refractivity contribution in [3.63, 3.8) is 0 Å². The number of nitrogens with zero attached hydrogens (tertiary/aromatic N) is 1. The SMILES string of the molecule is CC(C)(C)OC(=O)N1CCC(CO)(CC(F)F)C1. The van der Waals surface area contributed by atoms with Crippen LogP contribution in [0.15, 0.2) is 0 Å². The summed E-state index contributed by atoms with van der Waals surface area (Å²) in [6, 6.07) is 0. The van der Waals surface area contributed by atoms with Gasteiger partial charge in [0.1, 0.15) is 5.60 Å². The lowest BCUT2D eigenvalue weighted by molar-refractivity contribution is 0.0157. The number of amides is 1. The number of likely N-dealkylation sites (tertiary alicyclic amines) is 1. The Hall–Kier alpha value is -0.910. The lowest BCUT2D eigenvalue weighted by Crippen LogP contribution is -2.38. The van der Waals surface area contributed by atoms with Gasteiger partial charge in [-0.3, -0.25) is 0 Å². The van der Waals surface area contributed by atoms with Gasteiger partial charge in [0.2, 0.25) is 6.43 Å². The van der Waals surface area contributed by atoms with E-state index in [-0.39, 0.29) is 19.6 Å². The molecule has 1 aliphatic heterocycles. The number of aliphatic hydroxyl groups is 1. The molecule has 106 valence electrons. The summed E-state index contributed by atoms with van der Waals surface area (Å²) in [7, 11) is 0. The number of aliphatic hydroxyl groups excluding tert-OH is 1. The van der Waals surface area contributed by atoms with E-state index in [0.717, 1.165) is 0 Å². The van der Waals surface area contributed by atoms with Gasteiger partial charge in [0.25, 0.3) is 0 Å². The first kappa shape index (κ1) is 15.1. The molecule has 1 atom stereocenters. The molecule has 1 fully saturated rings. The second-order valence-corrected chi connectivity index (χ2v) is 5.91. The first-order valence-electron chi connectivity index (χ1n) is 6.04. The first-order valence-corrected chi connectivity index (χ1v) is 6.04. The van der Waals surface area contributed by atoms with Crippen LogP contribution in [0.1, 0.15) is 33.6 Å².